The van der Waals surface area contributed by atoms with Crippen molar-refractivity contribution >= 4 is 27.1 Å². The van der Waals surface area contributed by atoms with Crippen LogP contribution in [-0.2, 0) is 16.3 Å². The molecule has 2 fully saturated rings. The second kappa shape index (κ2) is 6.98. The first-order chi connectivity index (χ1) is 14.4. The summed E-state index contributed by atoms with van der Waals surface area (Å²) in [6, 6.07) is 8.07. The summed E-state index contributed by atoms with van der Waals surface area (Å²) < 4.78 is 44.0. The van der Waals surface area contributed by atoms with Gasteiger partial charge in [-0.25, -0.2) is 12.8 Å². The van der Waals surface area contributed by atoms with Crippen molar-refractivity contribution in [3.05, 3.63) is 69.8 Å². The standard InChI is InChI=1S/C20H18FN3O4S2/c21-16-4-2-1-3-13(16)9-17-22-18(28-23-17)15-6-8-30(26,27)20(15)11-24(12-20)19(25)14-5-7-29-10-14/h1-5,7,10,15H,6,8-9,11-12H2. The Morgan fingerprint density at radius 3 is 2.83 bits per heavy atom. The van der Waals surface area contributed by atoms with Crippen molar-refractivity contribution in [3.63, 3.8) is 0 Å². The minimum Gasteiger partial charge on any atom is -0.339 e. The van der Waals surface area contributed by atoms with Gasteiger partial charge in [-0.05, 0) is 29.5 Å². The van der Waals surface area contributed by atoms with Gasteiger partial charge < -0.3 is 9.42 Å². The highest BCUT2D eigenvalue weighted by atomic mass is 32.2. The van der Waals surface area contributed by atoms with Gasteiger partial charge in [0.25, 0.3) is 5.91 Å². The lowest BCUT2D eigenvalue weighted by atomic mass is 9.82. The Bertz CT molecular complexity index is 1200. The van der Waals surface area contributed by atoms with Crippen LogP contribution >= 0.6 is 11.3 Å². The van der Waals surface area contributed by atoms with Crippen LogP contribution in [0.15, 0.2) is 45.6 Å². The molecule has 0 saturated carbocycles. The minimum atomic E-state index is -3.42. The number of amides is 1. The highest BCUT2D eigenvalue weighted by molar-refractivity contribution is 7.93. The van der Waals surface area contributed by atoms with E-state index in [0.717, 1.165) is 0 Å². The molecule has 1 unspecified atom stereocenters. The second-order valence-electron chi connectivity index (χ2n) is 7.72. The van der Waals surface area contributed by atoms with Gasteiger partial charge in [-0.2, -0.15) is 16.3 Å². The Morgan fingerprint density at radius 2 is 2.10 bits per heavy atom. The maximum atomic E-state index is 13.9. The highest BCUT2D eigenvalue weighted by Gasteiger charge is 2.64. The molecule has 1 amide bonds. The smallest absolute Gasteiger partial charge is 0.254 e. The molecule has 10 heteroatoms. The molecule has 2 aromatic heterocycles. The molecule has 5 rings (SSSR count). The first kappa shape index (κ1) is 19.4. The number of sulfone groups is 1. The summed E-state index contributed by atoms with van der Waals surface area (Å²) in [4.78, 5) is 18.5. The average molecular weight is 448 g/mol. The van der Waals surface area contributed by atoms with Crippen LogP contribution in [0.25, 0.3) is 0 Å². The summed E-state index contributed by atoms with van der Waals surface area (Å²) in [5.74, 6) is -0.441. The van der Waals surface area contributed by atoms with Crippen LogP contribution in [0.3, 0.4) is 0 Å². The third-order valence-electron chi connectivity index (χ3n) is 5.99. The summed E-state index contributed by atoms with van der Waals surface area (Å²) >= 11 is 1.42. The molecular formula is C20H18FN3O4S2. The van der Waals surface area contributed by atoms with E-state index in [0.29, 0.717) is 23.4 Å². The molecule has 2 aliphatic rings. The Balaban J connectivity index is 1.38. The normalized spacial score (nSPS) is 21.6. The van der Waals surface area contributed by atoms with Crippen molar-refractivity contribution in [2.45, 2.75) is 23.5 Å². The van der Waals surface area contributed by atoms with Crippen molar-refractivity contribution in [1.29, 1.82) is 0 Å². The number of carbonyl (C=O) groups excluding carboxylic acids is 1. The van der Waals surface area contributed by atoms with Gasteiger partial charge in [-0.3, -0.25) is 4.79 Å². The number of rotatable bonds is 4. The van der Waals surface area contributed by atoms with Crippen molar-refractivity contribution in [1.82, 2.24) is 15.0 Å². The summed E-state index contributed by atoms with van der Waals surface area (Å²) in [6.45, 7) is 0.222. The topological polar surface area (TPSA) is 93.4 Å². The lowest BCUT2D eigenvalue weighted by Gasteiger charge is -2.48. The van der Waals surface area contributed by atoms with E-state index >= 15 is 0 Å². The van der Waals surface area contributed by atoms with E-state index in [-0.39, 0.29) is 42.9 Å². The molecule has 1 aromatic carbocycles. The molecule has 4 heterocycles. The molecule has 3 aromatic rings. The van der Waals surface area contributed by atoms with Crippen LogP contribution in [-0.4, -0.2) is 53.0 Å². The number of hydrogen-bond donors (Lipinski definition) is 0. The Labute approximate surface area is 176 Å². The number of halogens is 1. The third-order valence-corrected chi connectivity index (χ3v) is 9.23. The second-order valence-corrected chi connectivity index (χ2v) is 10.9. The predicted octanol–water partition coefficient (Wildman–Crippen LogP) is 2.66. The van der Waals surface area contributed by atoms with Crippen molar-refractivity contribution < 1.29 is 22.1 Å². The Morgan fingerprint density at radius 1 is 1.30 bits per heavy atom. The third kappa shape index (κ3) is 2.97. The van der Waals surface area contributed by atoms with Gasteiger partial charge in [-0.15, -0.1) is 0 Å². The molecule has 2 aliphatic heterocycles. The lowest BCUT2D eigenvalue weighted by molar-refractivity contribution is 0.0504. The molecule has 1 atom stereocenters. The quantitative estimate of drug-likeness (QED) is 0.611. The van der Waals surface area contributed by atoms with Crippen LogP contribution in [0, 0.1) is 5.82 Å². The van der Waals surface area contributed by atoms with Gasteiger partial charge in [0.05, 0.1) is 17.2 Å². The van der Waals surface area contributed by atoms with Gasteiger partial charge in [0.15, 0.2) is 15.7 Å². The van der Waals surface area contributed by atoms with Crippen LogP contribution in [0.1, 0.15) is 40.0 Å². The molecule has 156 valence electrons. The monoisotopic (exact) mass is 447 g/mol. The fraction of sp³-hybridized carbons (Fsp3) is 0.350. The van der Waals surface area contributed by atoms with Crippen molar-refractivity contribution in [2.24, 2.45) is 0 Å². The van der Waals surface area contributed by atoms with Crippen molar-refractivity contribution in [2.75, 3.05) is 18.8 Å². The van der Waals surface area contributed by atoms with E-state index < -0.39 is 20.5 Å². The molecular weight excluding hydrogens is 429 g/mol. The Hall–Kier alpha value is -2.59. The minimum absolute atomic E-state index is 0.0170. The number of carbonyl (C=O) groups is 1. The van der Waals surface area contributed by atoms with Crippen molar-refractivity contribution in [3.8, 4) is 0 Å². The van der Waals surface area contributed by atoms with E-state index in [2.05, 4.69) is 10.1 Å². The fourth-order valence-electron chi connectivity index (χ4n) is 4.33. The maximum absolute atomic E-state index is 13.9. The van der Waals surface area contributed by atoms with Crippen LogP contribution in [0.5, 0.6) is 0 Å². The summed E-state index contributed by atoms with van der Waals surface area (Å²) in [6.07, 6.45) is 0.523. The summed E-state index contributed by atoms with van der Waals surface area (Å²) in [5, 5.41) is 7.50. The molecule has 7 nitrogen and oxygen atoms in total. The van der Waals surface area contributed by atoms with Gasteiger partial charge in [-0.1, -0.05) is 23.4 Å². The molecule has 30 heavy (non-hydrogen) atoms. The fourth-order valence-corrected chi connectivity index (χ4v) is 7.27. The molecule has 0 bridgehead atoms. The SMILES string of the molecule is O=C(c1ccsc1)N1CC2(C1)C(c1nc(Cc3ccccc3F)no1)CCS2(=O)=O. The molecule has 0 N–H and O–H groups in total. The van der Waals surface area contributed by atoms with E-state index in [9.17, 15) is 17.6 Å². The Kier molecular flexibility index (Phi) is 4.51. The number of nitrogens with zero attached hydrogens (tertiary/aromatic N) is 3. The zero-order valence-electron chi connectivity index (χ0n) is 15.8. The van der Waals surface area contributed by atoms with E-state index in [1.54, 1.807) is 34.5 Å². The van der Waals surface area contributed by atoms with Crippen LogP contribution in [0.2, 0.25) is 0 Å². The predicted molar refractivity (Wildman–Crippen MR) is 108 cm³/mol. The molecule has 2 saturated heterocycles. The average Bonchev–Trinajstić information content (AvgIpc) is 3.41. The molecule has 0 aliphatic carbocycles. The summed E-state index contributed by atoms with van der Waals surface area (Å²) in [7, 11) is -3.42. The van der Waals surface area contributed by atoms with Gasteiger partial charge in [0.2, 0.25) is 5.89 Å². The largest absolute Gasteiger partial charge is 0.339 e. The van der Waals surface area contributed by atoms with E-state index in [1.165, 1.54) is 17.4 Å². The first-order valence-corrected chi connectivity index (χ1v) is 12.1. The maximum Gasteiger partial charge on any atom is 0.254 e. The number of aromatic nitrogens is 2. The first-order valence-electron chi connectivity index (χ1n) is 9.49. The zero-order chi connectivity index (χ0) is 20.9. The van der Waals surface area contributed by atoms with Gasteiger partial charge in [0, 0.05) is 24.9 Å². The number of hydrogen-bond acceptors (Lipinski definition) is 7. The van der Waals surface area contributed by atoms with E-state index in [4.69, 9.17) is 4.52 Å². The lowest BCUT2D eigenvalue weighted by Crippen LogP contribution is -2.67. The van der Waals surface area contributed by atoms with Crippen LogP contribution in [0.4, 0.5) is 4.39 Å². The zero-order valence-corrected chi connectivity index (χ0v) is 17.5. The molecule has 1 spiro atoms. The highest BCUT2D eigenvalue weighted by Crippen LogP contribution is 2.49. The number of benzene rings is 1. The number of thiophene rings is 1. The molecule has 0 radical (unpaired) electrons. The summed E-state index contributed by atoms with van der Waals surface area (Å²) in [5.41, 5.74) is 1.00. The van der Waals surface area contributed by atoms with E-state index in [1.807, 2.05) is 5.38 Å². The van der Waals surface area contributed by atoms with Gasteiger partial charge >= 0.3 is 0 Å². The number of likely N-dealkylation sites (tertiary alicyclic amines) is 1. The van der Waals surface area contributed by atoms with Gasteiger partial charge in [0.1, 0.15) is 10.6 Å². The van der Waals surface area contributed by atoms with Crippen LogP contribution < -0.4 is 0 Å².